The van der Waals surface area contributed by atoms with Gasteiger partial charge in [0.15, 0.2) is 11.6 Å². The van der Waals surface area contributed by atoms with Crippen molar-refractivity contribution in [3.05, 3.63) is 77.1 Å². The number of halogens is 1. The van der Waals surface area contributed by atoms with Crippen LogP contribution in [-0.2, 0) is 22.6 Å². The summed E-state index contributed by atoms with van der Waals surface area (Å²) in [5, 5.41) is 27.9. The summed E-state index contributed by atoms with van der Waals surface area (Å²) in [6, 6.07) is 13.9. The van der Waals surface area contributed by atoms with E-state index in [1.807, 2.05) is 0 Å². The summed E-state index contributed by atoms with van der Waals surface area (Å²) in [7, 11) is 3.21. The topological polar surface area (TPSA) is 134 Å². The normalized spacial score (nSPS) is 10.6. The largest absolute Gasteiger partial charge is 0.505 e. The van der Waals surface area contributed by atoms with Crippen LogP contribution in [-0.4, -0.2) is 58.8 Å². The lowest BCUT2D eigenvalue weighted by Gasteiger charge is -2.17. The number of phenols is 1. The van der Waals surface area contributed by atoms with Crippen LogP contribution >= 0.6 is 0 Å². The Morgan fingerprint density at radius 2 is 1.64 bits per heavy atom. The van der Waals surface area contributed by atoms with Gasteiger partial charge in [-0.05, 0) is 65.9 Å². The summed E-state index contributed by atoms with van der Waals surface area (Å²) in [6.07, 6.45) is 0.266. The van der Waals surface area contributed by atoms with Gasteiger partial charge in [0, 0.05) is 38.1 Å². The van der Waals surface area contributed by atoms with E-state index in [4.69, 9.17) is 14.6 Å². The van der Waals surface area contributed by atoms with E-state index in [0.717, 1.165) is 6.07 Å². The lowest BCUT2D eigenvalue weighted by Crippen LogP contribution is -2.21. The Labute approximate surface area is 225 Å². The SMILES string of the molecule is CN(C)C(=O)c1cc(OCc2cccc(OCCCC(=O)O)c2CCC(=O)O)cc(-c2ccc(F)c(O)c2)c1. The molecule has 0 bridgehead atoms. The fourth-order valence-corrected chi connectivity index (χ4v) is 3.89. The number of carbonyl (C=O) groups is 3. The molecule has 0 radical (unpaired) electrons. The summed E-state index contributed by atoms with van der Waals surface area (Å²) in [5.74, 6) is -2.72. The average molecular weight is 540 g/mol. The zero-order valence-electron chi connectivity index (χ0n) is 21.6. The molecule has 3 rings (SSSR count). The average Bonchev–Trinajstić information content (AvgIpc) is 2.89. The Morgan fingerprint density at radius 1 is 0.897 bits per heavy atom. The summed E-state index contributed by atoms with van der Waals surface area (Å²) in [4.78, 5) is 36.2. The van der Waals surface area contributed by atoms with Gasteiger partial charge in [0.25, 0.3) is 5.91 Å². The smallest absolute Gasteiger partial charge is 0.303 e. The molecule has 39 heavy (non-hydrogen) atoms. The third kappa shape index (κ3) is 8.19. The quantitative estimate of drug-likeness (QED) is 0.265. The minimum absolute atomic E-state index is 0.0228. The molecule has 0 heterocycles. The van der Waals surface area contributed by atoms with Gasteiger partial charge in [0.05, 0.1) is 6.61 Å². The van der Waals surface area contributed by atoms with Crippen LogP contribution in [0.3, 0.4) is 0 Å². The molecular formula is C29H30FNO8. The van der Waals surface area contributed by atoms with Gasteiger partial charge in [-0.15, -0.1) is 0 Å². The number of hydrogen-bond acceptors (Lipinski definition) is 6. The highest BCUT2D eigenvalue weighted by Crippen LogP contribution is 2.31. The van der Waals surface area contributed by atoms with Crippen LogP contribution in [0, 0.1) is 5.82 Å². The van der Waals surface area contributed by atoms with E-state index in [-0.39, 0.29) is 38.4 Å². The van der Waals surface area contributed by atoms with Crippen molar-refractivity contribution in [3.63, 3.8) is 0 Å². The molecule has 0 aliphatic heterocycles. The third-order valence-corrected chi connectivity index (χ3v) is 5.84. The molecule has 0 fully saturated rings. The highest BCUT2D eigenvalue weighted by molar-refractivity contribution is 5.95. The zero-order valence-corrected chi connectivity index (χ0v) is 21.6. The standard InChI is InChI=1S/C29H30FNO8/c1-31(2)29(37)21-13-20(18-8-10-24(30)25(32)16-18)14-22(15-21)39-17-19-5-3-6-26(23(19)9-11-28(35)36)38-12-4-7-27(33)34/h3,5-6,8,10,13-16,32H,4,7,9,11-12,17H2,1-2H3,(H,33,34)(H,35,36). The molecule has 0 aromatic heterocycles. The fraction of sp³-hybridized carbons (Fsp3) is 0.276. The van der Waals surface area contributed by atoms with Crippen LogP contribution in [0.2, 0.25) is 0 Å². The van der Waals surface area contributed by atoms with Crippen LogP contribution in [0.25, 0.3) is 11.1 Å². The highest BCUT2D eigenvalue weighted by Gasteiger charge is 2.16. The van der Waals surface area contributed by atoms with Crippen molar-refractivity contribution in [2.75, 3.05) is 20.7 Å². The number of aliphatic carboxylic acids is 2. The zero-order chi connectivity index (χ0) is 28.5. The maximum atomic E-state index is 13.6. The second kappa shape index (κ2) is 13.3. The number of hydrogen-bond donors (Lipinski definition) is 3. The van der Waals surface area contributed by atoms with Crippen LogP contribution in [0.15, 0.2) is 54.6 Å². The van der Waals surface area contributed by atoms with E-state index in [2.05, 4.69) is 0 Å². The summed E-state index contributed by atoms with van der Waals surface area (Å²) in [5.41, 5.74) is 2.61. The molecule has 0 saturated heterocycles. The second-order valence-electron chi connectivity index (χ2n) is 9.03. The van der Waals surface area contributed by atoms with Gasteiger partial charge in [0.2, 0.25) is 0 Å². The molecule has 3 aromatic carbocycles. The predicted octanol–water partition coefficient (Wildman–Crippen LogP) is 4.74. The number of ether oxygens (including phenoxy) is 2. The number of carboxylic acid groups (broad SMARTS) is 2. The second-order valence-corrected chi connectivity index (χ2v) is 9.03. The van der Waals surface area contributed by atoms with E-state index in [9.17, 15) is 29.0 Å². The Hall–Kier alpha value is -4.60. The summed E-state index contributed by atoms with van der Waals surface area (Å²) < 4.78 is 25.4. The van der Waals surface area contributed by atoms with Gasteiger partial charge in [0.1, 0.15) is 18.1 Å². The molecule has 0 saturated carbocycles. The van der Waals surface area contributed by atoms with Crippen molar-refractivity contribution in [1.29, 1.82) is 0 Å². The number of benzene rings is 3. The third-order valence-electron chi connectivity index (χ3n) is 5.84. The Bertz CT molecular complexity index is 1360. The van der Waals surface area contributed by atoms with Gasteiger partial charge >= 0.3 is 11.9 Å². The first-order chi connectivity index (χ1) is 18.5. The summed E-state index contributed by atoms with van der Waals surface area (Å²) in [6.45, 7) is 0.175. The van der Waals surface area contributed by atoms with E-state index < -0.39 is 23.5 Å². The molecule has 3 N–H and O–H groups in total. The molecule has 9 nitrogen and oxygen atoms in total. The minimum atomic E-state index is -0.982. The molecule has 0 atom stereocenters. The summed E-state index contributed by atoms with van der Waals surface area (Å²) >= 11 is 0. The van der Waals surface area contributed by atoms with Gasteiger partial charge in [-0.1, -0.05) is 18.2 Å². The van der Waals surface area contributed by atoms with Gasteiger partial charge in [-0.25, -0.2) is 4.39 Å². The van der Waals surface area contributed by atoms with E-state index in [1.54, 1.807) is 50.5 Å². The highest BCUT2D eigenvalue weighted by atomic mass is 19.1. The number of amides is 1. The Kier molecular flexibility index (Phi) is 9.86. The lowest BCUT2D eigenvalue weighted by molar-refractivity contribution is -0.138. The first-order valence-corrected chi connectivity index (χ1v) is 12.2. The minimum Gasteiger partial charge on any atom is -0.505 e. The van der Waals surface area contributed by atoms with Crippen molar-refractivity contribution >= 4 is 17.8 Å². The van der Waals surface area contributed by atoms with E-state index in [0.29, 0.717) is 45.7 Å². The number of phenolic OH excluding ortho intramolecular Hbond substituents is 1. The van der Waals surface area contributed by atoms with Crippen molar-refractivity contribution in [2.45, 2.75) is 32.3 Å². The number of aromatic hydroxyl groups is 1. The van der Waals surface area contributed by atoms with Crippen LogP contribution in [0.5, 0.6) is 17.2 Å². The van der Waals surface area contributed by atoms with Crippen LogP contribution < -0.4 is 9.47 Å². The van der Waals surface area contributed by atoms with Gasteiger partial charge in [-0.2, -0.15) is 0 Å². The van der Waals surface area contributed by atoms with Crippen LogP contribution in [0.4, 0.5) is 4.39 Å². The van der Waals surface area contributed by atoms with Gasteiger partial charge in [-0.3, -0.25) is 14.4 Å². The molecular weight excluding hydrogens is 509 g/mol. The number of carboxylic acids is 2. The number of nitrogens with zero attached hydrogens (tertiary/aromatic N) is 1. The molecule has 0 spiro atoms. The molecule has 0 aliphatic carbocycles. The molecule has 1 amide bonds. The maximum Gasteiger partial charge on any atom is 0.303 e. The van der Waals surface area contributed by atoms with Crippen molar-refractivity contribution < 1.29 is 43.6 Å². The maximum absolute atomic E-state index is 13.6. The monoisotopic (exact) mass is 539 g/mol. The number of rotatable bonds is 13. The Morgan fingerprint density at radius 3 is 2.31 bits per heavy atom. The van der Waals surface area contributed by atoms with Crippen molar-refractivity contribution in [3.8, 4) is 28.4 Å². The lowest BCUT2D eigenvalue weighted by atomic mass is 10.0. The number of carbonyl (C=O) groups excluding carboxylic acids is 1. The molecule has 10 heteroatoms. The first-order valence-electron chi connectivity index (χ1n) is 12.2. The van der Waals surface area contributed by atoms with Crippen molar-refractivity contribution in [1.82, 2.24) is 4.90 Å². The molecule has 0 unspecified atom stereocenters. The molecule has 0 aliphatic rings. The predicted molar refractivity (Wildman–Crippen MR) is 141 cm³/mol. The van der Waals surface area contributed by atoms with Gasteiger partial charge < -0.3 is 29.7 Å². The van der Waals surface area contributed by atoms with E-state index >= 15 is 0 Å². The molecule has 206 valence electrons. The first kappa shape index (κ1) is 29.0. The fourth-order valence-electron chi connectivity index (χ4n) is 3.89. The van der Waals surface area contributed by atoms with Crippen LogP contribution in [0.1, 0.15) is 40.7 Å². The Balaban J connectivity index is 1.92. The molecule has 3 aromatic rings. The van der Waals surface area contributed by atoms with E-state index in [1.165, 1.54) is 17.0 Å². The van der Waals surface area contributed by atoms with Crippen molar-refractivity contribution in [2.24, 2.45) is 0 Å².